The number of hydrogen-bond donors (Lipinski definition) is 2. The smallest absolute Gasteiger partial charge is 0.320 e. The normalized spacial score (nSPS) is 20.5. The van der Waals surface area contributed by atoms with Crippen molar-refractivity contribution in [3.8, 4) is 0 Å². The monoisotopic (exact) mass is 317 g/mol. The number of amides is 1. The molecule has 6 nitrogen and oxygen atoms in total. The van der Waals surface area contributed by atoms with Crippen LogP contribution in [0, 0.1) is 0 Å². The van der Waals surface area contributed by atoms with Crippen molar-refractivity contribution in [1.82, 2.24) is 10.2 Å². The highest BCUT2D eigenvalue weighted by Gasteiger charge is 2.31. The van der Waals surface area contributed by atoms with Crippen LogP contribution in [0.4, 0.5) is 5.69 Å². The van der Waals surface area contributed by atoms with Crippen LogP contribution in [-0.4, -0.2) is 60.6 Å². The van der Waals surface area contributed by atoms with Gasteiger partial charge >= 0.3 is 5.97 Å². The van der Waals surface area contributed by atoms with Crippen LogP contribution in [0.15, 0.2) is 24.3 Å². The quantitative estimate of drug-likeness (QED) is 0.809. The van der Waals surface area contributed by atoms with Crippen molar-refractivity contribution in [2.24, 2.45) is 0 Å². The van der Waals surface area contributed by atoms with Gasteiger partial charge in [-0.05, 0) is 37.4 Å². The van der Waals surface area contributed by atoms with Crippen LogP contribution < -0.4 is 10.2 Å². The second-order valence-corrected chi connectivity index (χ2v) is 6.18. The first kappa shape index (κ1) is 15.8. The molecule has 1 atom stereocenters. The number of likely N-dealkylation sites (tertiary alicyclic amines) is 1. The summed E-state index contributed by atoms with van der Waals surface area (Å²) in [6.07, 6.45) is 2.53. The van der Waals surface area contributed by atoms with E-state index in [4.69, 9.17) is 5.11 Å². The predicted octanol–water partition coefficient (Wildman–Crippen LogP) is 0.714. The minimum atomic E-state index is -0.830. The third-order valence-electron chi connectivity index (χ3n) is 4.68. The Balaban J connectivity index is 1.43. The molecule has 0 radical (unpaired) electrons. The number of hydrogen-bond acceptors (Lipinski definition) is 4. The summed E-state index contributed by atoms with van der Waals surface area (Å²) in [4.78, 5) is 27.2. The molecule has 3 rings (SSSR count). The molecule has 0 saturated carbocycles. The van der Waals surface area contributed by atoms with Crippen molar-refractivity contribution in [2.45, 2.75) is 25.3 Å². The number of aliphatic carboxylic acids is 1. The van der Waals surface area contributed by atoms with E-state index in [2.05, 4.69) is 28.4 Å². The first-order chi connectivity index (χ1) is 11.1. The molecule has 0 aliphatic carbocycles. The molecule has 1 aromatic rings. The Morgan fingerprint density at radius 3 is 2.91 bits per heavy atom. The number of carbonyl (C=O) groups excluding carboxylic acids is 1. The first-order valence-electron chi connectivity index (χ1n) is 8.21. The van der Waals surface area contributed by atoms with Crippen molar-refractivity contribution in [2.75, 3.05) is 37.6 Å². The number of carbonyl (C=O) groups is 2. The molecule has 23 heavy (non-hydrogen) atoms. The van der Waals surface area contributed by atoms with Crippen LogP contribution >= 0.6 is 0 Å². The summed E-state index contributed by atoms with van der Waals surface area (Å²) in [5, 5.41) is 12.0. The standard InChI is InChI=1S/C17H23N3O3/c21-16(12-20-9-3-6-15(20)17(22)23)18-8-11-19-10-7-13-4-1-2-5-14(13)19/h1-2,4-5,15H,3,6-12H2,(H,18,21)(H,22,23)/t15-/m1/s1. The second kappa shape index (κ2) is 7.00. The molecule has 1 saturated heterocycles. The second-order valence-electron chi connectivity index (χ2n) is 6.18. The summed E-state index contributed by atoms with van der Waals surface area (Å²) in [5.41, 5.74) is 2.62. The number of carboxylic acids is 1. The average Bonchev–Trinajstić information content (AvgIpc) is 3.14. The van der Waals surface area contributed by atoms with Crippen molar-refractivity contribution >= 4 is 17.6 Å². The van der Waals surface area contributed by atoms with E-state index in [1.165, 1.54) is 11.3 Å². The molecule has 0 aromatic heterocycles. The fourth-order valence-electron chi connectivity index (χ4n) is 3.50. The Hall–Kier alpha value is -2.08. The van der Waals surface area contributed by atoms with Gasteiger partial charge in [-0.1, -0.05) is 18.2 Å². The van der Waals surface area contributed by atoms with Gasteiger partial charge in [-0.2, -0.15) is 0 Å². The van der Waals surface area contributed by atoms with Gasteiger partial charge < -0.3 is 15.3 Å². The summed E-state index contributed by atoms with van der Waals surface area (Å²) >= 11 is 0. The Labute approximate surface area is 136 Å². The van der Waals surface area contributed by atoms with Gasteiger partial charge in [-0.25, -0.2) is 0 Å². The SMILES string of the molecule is O=C(CN1CCC[C@@H]1C(=O)O)NCCN1CCc2ccccc21. The van der Waals surface area contributed by atoms with Crippen molar-refractivity contribution < 1.29 is 14.7 Å². The molecule has 1 amide bonds. The maximum Gasteiger partial charge on any atom is 0.320 e. The summed E-state index contributed by atoms with van der Waals surface area (Å²) in [6, 6.07) is 7.85. The van der Waals surface area contributed by atoms with E-state index in [0.717, 1.165) is 25.9 Å². The molecule has 0 bridgehead atoms. The van der Waals surface area contributed by atoms with E-state index >= 15 is 0 Å². The van der Waals surface area contributed by atoms with E-state index in [1.807, 2.05) is 6.07 Å². The molecule has 1 fully saturated rings. The van der Waals surface area contributed by atoms with Crippen molar-refractivity contribution in [3.63, 3.8) is 0 Å². The van der Waals surface area contributed by atoms with Gasteiger partial charge in [0.1, 0.15) is 6.04 Å². The third kappa shape index (κ3) is 3.64. The number of anilines is 1. The van der Waals surface area contributed by atoms with Crippen molar-refractivity contribution in [3.05, 3.63) is 29.8 Å². The Bertz CT molecular complexity index is 590. The fraction of sp³-hybridized carbons (Fsp3) is 0.529. The van der Waals surface area contributed by atoms with Crippen molar-refractivity contribution in [1.29, 1.82) is 0 Å². The molecule has 2 aliphatic rings. The minimum Gasteiger partial charge on any atom is -0.480 e. The average molecular weight is 317 g/mol. The van der Waals surface area contributed by atoms with E-state index in [-0.39, 0.29) is 12.5 Å². The van der Waals surface area contributed by atoms with Gasteiger partial charge in [0, 0.05) is 25.3 Å². The van der Waals surface area contributed by atoms with Crippen LogP contribution in [0.25, 0.3) is 0 Å². The fourth-order valence-corrected chi connectivity index (χ4v) is 3.50. The van der Waals surface area contributed by atoms with Gasteiger partial charge in [0.2, 0.25) is 5.91 Å². The number of nitrogens with one attached hydrogen (secondary N) is 1. The molecule has 2 heterocycles. The zero-order valence-electron chi connectivity index (χ0n) is 13.2. The van der Waals surface area contributed by atoms with E-state index < -0.39 is 12.0 Å². The van der Waals surface area contributed by atoms with E-state index in [0.29, 0.717) is 19.5 Å². The van der Waals surface area contributed by atoms with Gasteiger partial charge in [-0.15, -0.1) is 0 Å². The molecule has 0 spiro atoms. The zero-order chi connectivity index (χ0) is 16.2. The third-order valence-corrected chi connectivity index (χ3v) is 4.68. The highest BCUT2D eigenvalue weighted by molar-refractivity contribution is 5.80. The van der Waals surface area contributed by atoms with E-state index in [9.17, 15) is 9.59 Å². The first-order valence-corrected chi connectivity index (χ1v) is 8.21. The summed E-state index contributed by atoms with van der Waals surface area (Å²) in [5.74, 6) is -0.922. The Kier molecular flexibility index (Phi) is 4.81. The number of nitrogens with zero attached hydrogens (tertiary/aromatic N) is 2. The number of para-hydroxylation sites is 1. The molecule has 1 aromatic carbocycles. The van der Waals surface area contributed by atoms with Crippen LogP contribution in [0.1, 0.15) is 18.4 Å². The molecular formula is C17H23N3O3. The Morgan fingerprint density at radius 2 is 2.09 bits per heavy atom. The van der Waals surface area contributed by atoms with Gasteiger partial charge in [0.25, 0.3) is 0 Å². The zero-order valence-corrected chi connectivity index (χ0v) is 13.2. The molecule has 124 valence electrons. The number of rotatable bonds is 6. The molecule has 2 aliphatic heterocycles. The number of benzene rings is 1. The summed E-state index contributed by atoms with van der Waals surface area (Å²) in [6.45, 7) is 3.21. The maximum atomic E-state index is 12.0. The maximum absolute atomic E-state index is 12.0. The van der Waals surface area contributed by atoms with Crippen LogP contribution in [0.3, 0.4) is 0 Å². The molecular weight excluding hydrogens is 294 g/mol. The lowest BCUT2D eigenvalue weighted by atomic mass is 10.2. The van der Waals surface area contributed by atoms with Crippen LogP contribution in [-0.2, 0) is 16.0 Å². The summed E-state index contributed by atoms with van der Waals surface area (Å²) in [7, 11) is 0. The predicted molar refractivity (Wildman–Crippen MR) is 87.6 cm³/mol. The van der Waals surface area contributed by atoms with Crippen LogP contribution in [0.5, 0.6) is 0 Å². The molecule has 2 N–H and O–H groups in total. The largest absolute Gasteiger partial charge is 0.480 e. The molecule has 6 heteroatoms. The lowest BCUT2D eigenvalue weighted by Crippen LogP contribution is -2.44. The topological polar surface area (TPSA) is 72.9 Å². The highest BCUT2D eigenvalue weighted by atomic mass is 16.4. The lowest BCUT2D eigenvalue weighted by molar-refractivity contribution is -0.142. The minimum absolute atomic E-state index is 0.0920. The van der Waals surface area contributed by atoms with Crippen LogP contribution in [0.2, 0.25) is 0 Å². The highest BCUT2D eigenvalue weighted by Crippen LogP contribution is 2.26. The number of fused-ring (bicyclic) bond motifs is 1. The van der Waals surface area contributed by atoms with Gasteiger partial charge in [-0.3, -0.25) is 14.5 Å². The van der Waals surface area contributed by atoms with Gasteiger partial charge in [0.15, 0.2) is 0 Å². The summed E-state index contributed by atoms with van der Waals surface area (Å²) < 4.78 is 0. The molecule has 0 unspecified atom stereocenters. The van der Waals surface area contributed by atoms with Gasteiger partial charge in [0.05, 0.1) is 6.54 Å². The number of carboxylic acid groups (broad SMARTS) is 1. The van der Waals surface area contributed by atoms with E-state index in [1.54, 1.807) is 4.90 Å². The Morgan fingerprint density at radius 1 is 1.26 bits per heavy atom. The lowest BCUT2D eigenvalue weighted by Gasteiger charge is -2.22.